The van der Waals surface area contributed by atoms with E-state index >= 15 is 0 Å². The van der Waals surface area contributed by atoms with Crippen LogP contribution in [0.25, 0.3) is 0 Å². The molecule has 0 aliphatic carbocycles. The number of methoxy groups -OCH3 is 1. The van der Waals surface area contributed by atoms with E-state index in [1.807, 2.05) is 12.1 Å². The fourth-order valence-corrected chi connectivity index (χ4v) is 5.72. The summed E-state index contributed by atoms with van der Waals surface area (Å²) in [5, 5.41) is 2.82. The van der Waals surface area contributed by atoms with Gasteiger partial charge in [0.1, 0.15) is 5.75 Å². The lowest BCUT2D eigenvalue weighted by molar-refractivity contribution is 0.102. The molecule has 2 aromatic carbocycles. The second-order valence-electron chi connectivity index (χ2n) is 8.11. The number of anilines is 1. The molecule has 0 radical (unpaired) electrons. The standard InChI is InChI=1S/C23H29N3O4S/c1-30-22-11-10-20(31(28,29)26-14-4-5-15-26)16-21(22)24-23(27)19-8-6-18(7-9-19)17-25-12-2-3-13-25/h6-11,16H,2-5,12-15,17H2,1H3,(H,24,27). The number of likely N-dealkylation sites (tertiary alicyclic amines) is 1. The van der Waals surface area contributed by atoms with Crippen LogP contribution in [0.15, 0.2) is 47.4 Å². The molecule has 1 N–H and O–H groups in total. The predicted octanol–water partition coefficient (Wildman–Crippen LogP) is 3.33. The second-order valence-corrected chi connectivity index (χ2v) is 10.0. The Kier molecular flexibility index (Phi) is 6.60. The lowest BCUT2D eigenvalue weighted by Crippen LogP contribution is -2.28. The fourth-order valence-electron chi connectivity index (χ4n) is 4.18. The Hall–Kier alpha value is -2.42. The Morgan fingerprint density at radius 3 is 2.26 bits per heavy atom. The van der Waals surface area contributed by atoms with Crippen LogP contribution in [0.1, 0.15) is 41.6 Å². The van der Waals surface area contributed by atoms with Crippen LogP contribution in [0.2, 0.25) is 0 Å². The minimum atomic E-state index is -3.58. The van der Waals surface area contributed by atoms with E-state index in [-0.39, 0.29) is 10.8 Å². The van der Waals surface area contributed by atoms with Crippen molar-refractivity contribution in [1.29, 1.82) is 0 Å². The number of hydrogen-bond acceptors (Lipinski definition) is 5. The zero-order valence-electron chi connectivity index (χ0n) is 17.8. The van der Waals surface area contributed by atoms with Gasteiger partial charge in [-0.1, -0.05) is 12.1 Å². The monoisotopic (exact) mass is 443 g/mol. The van der Waals surface area contributed by atoms with Crippen molar-refractivity contribution in [2.75, 3.05) is 38.6 Å². The topological polar surface area (TPSA) is 79.0 Å². The van der Waals surface area contributed by atoms with E-state index < -0.39 is 10.0 Å². The summed E-state index contributed by atoms with van der Waals surface area (Å²) in [6.07, 6.45) is 4.23. The summed E-state index contributed by atoms with van der Waals surface area (Å²) in [4.78, 5) is 15.4. The summed E-state index contributed by atoms with van der Waals surface area (Å²) in [5.74, 6) is 0.112. The fraction of sp³-hybridized carbons (Fsp3) is 0.435. The maximum absolute atomic E-state index is 12.9. The highest BCUT2D eigenvalue weighted by atomic mass is 32.2. The van der Waals surface area contributed by atoms with E-state index in [4.69, 9.17) is 4.74 Å². The molecule has 2 aliphatic heterocycles. The summed E-state index contributed by atoms with van der Waals surface area (Å²) >= 11 is 0. The molecule has 1 amide bonds. The molecule has 2 aromatic rings. The molecular formula is C23H29N3O4S. The van der Waals surface area contributed by atoms with Crippen LogP contribution in [0.3, 0.4) is 0 Å². The third-order valence-electron chi connectivity index (χ3n) is 5.94. The van der Waals surface area contributed by atoms with Crippen LogP contribution in [0.4, 0.5) is 5.69 Å². The SMILES string of the molecule is COc1ccc(S(=O)(=O)N2CCCC2)cc1NC(=O)c1ccc(CN2CCCC2)cc1. The van der Waals surface area contributed by atoms with Crippen molar-refractivity contribution in [2.45, 2.75) is 37.1 Å². The molecule has 7 nitrogen and oxygen atoms in total. The van der Waals surface area contributed by atoms with Gasteiger partial charge in [0.05, 0.1) is 17.7 Å². The molecule has 2 heterocycles. The van der Waals surface area contributed by atoms with Gasteiger partial charge in [-0.15, -0.1) is 0 Å². The number of carbonyl (C=O) groups is 1. The van der Waals surface area contributed by atoms with Crippen molar-refractivity contribution in [3.05, 3.63) is 53.6 Å². The maximum atomic E-state index is 12.9. The van der Waals surface area contributed by atoms with E-state index in [0.717, 1.165) is 32.5 Å². The van der Waals surface area contributed by atoms with Gasteiger partial charge in [-0.3, -0.25) is 9.69 Å². The molecule has 2 saturated heterocycles. The number of nitrogens with one attached hydrogen (secondary N) is 1. The molecule has 0 unspecified atom stereocenters. The third kappa shape index (κ3) is 4.92. The molecule has 4 rings (SSSR count). The molecule has 0 spiro atoms. The van der Waals surface area contributed by atoms with E-state index in [0.29, 0.717) is 30.1 Å². The lowest BCUT2D eigenvalue weighted by Gasteiger charge is -2.17. The van der Waals surface area contributed by atoms with Crippen molar-refractivity contribution in [1.82, 2.24) is 9.21 Å². The Balaban J connectivity index is 1.50. The van der Waals surface area contributed by atoms with Gasteiger partial charge in [-0.25, -0.2) is 8.42 Å². The molecule has 8 heteroatoms. The van der Waals surface area contributed by atoms with Crippen molar-refractivity contribution in [3.63, 3.8) is 0 Å². The van der Waals surface area contributed by atoms with Crippen molar-refractivity contribution in [3.8, 4) is 5.75 Å². The van der Waals surface area contributed by atoms with Gasteiger partial charge >= 0.3 is 0 Å². The smallest absolute Gasteiger partial charge is 0.255 e. The van der Waals surface area contributed by atoms with Gasteiger partial charge in [-0.05, 0) is 74.7 Å². The van der Waals surface area contributed by atoms with Crippen LogP contribution in [-0.4, -0.2) is 56.8 Å². The molecule has 166 valence electrons. The van der Waals surface area contributed by atoms with Gasteiger partial charge in [-0.2, -0.15) is 4.31 Å². The summed E-state index contributed by atoms with van der Waals surface area (Å²) in [7, 11) is -2.09. The summed E-state index contributed by atoms with van der Waals surface area (Å²) in [6, 6.07) is 12.1. The van der Waals surface area contributed by atoms with E-state index in [1.165, 1.54) is 42.0 Å². The number of ether oxygens (including phenoxy) is 1. The van der Waals surface area contributed by atoms with E-state index in [1.54, 1.807) is 18.2 Å². The molecule has 2 aliphatic rings. The Labute approximate surface area is 184 Å². The molecule has 31 heavy (non-hydrogen) atoms. The largest absolute Gasteiger partial charge is 0.495 e. The Bertz CT molecular complexity index is 1030. The molecule has 0 bridgehead atoms. The van der Waals surface area contributed by atoms with Crippen LogP contribution >= 0.6 is 0 Å². The molecule has 0 saturated carbocycles. The highest BCUT2D eigenvalue weighted by molar-refractivity contribution is 7.89. The van der Waals surface area contributed by atoms with Crippen molar-refractivity contribution < 1.29 is 17.9 Å². The van der Waals surface area contributed by atoms with Crippen molar-refractivity contribution in [2.24, 2.45) is 0 Å². The normalized spacial score (nSPS) is 17.7. The minimum absolute atomic E-state index is 0.159. The van der Waals surface area contributed by atoms with Crippen LogP contribution in [0.5, 0.6) is 5.75 Å². The zero-order valence-corrected chi connectivity index (χ0v) is 18.7. The molecule has 2 fully saturated rings. The molecule has 0 aromatic heterocycles. The first-order chi connectivity index (χ1) is 15.0. The van der Waals surface area contributed by atoms with Crippen LogP contribution in [0, 0.1) is 0 Å². The first kappa shape index (κ1) is 21.8. The van der Waals surface area contributed by atoms with Crippen LogP contribution < -0.4 is 10.1 Å². The average Bonchev–Trinajstić information content (AvgIpc) is 3.49. The second kappa shape index (κ2) is 9.38. The number of hydrogen-bond donors (Lipinski definition) is 1. The van der Waals surface area contributed by atoms with Gasteiger partial charge in [0.2, 0.25) is 10.0 Å². The van der Waals surface area contributed by atoms with E-state index in [9.17, 15) is 13.2 Å². The summed E-state index contributed by atoms with van der Waals surface area (Å²) < 4.78 is 32.6. The van der Waals surface area contributed by atoms with Crippen molar-refractivity contribution >= 4 is 21.6 Å². The Morgan fingerprint density at radius 1 is 0.968 bits per heavy atom. The average molecular weight is 444 g/mol. The first-order valence-corrected chi connectivity index (χ1v) is 12.2. The van der Waals surface area contributed by atoms with Crippen LogP contribution in [-0.2, 0) is 16.6 Å². The quantitative estimate of drug-likeness (QED) is 0.710. The number of nitrogens with zero attached hydrogens (tertiary/aromatic N) is 2. The summed E-state index contributed by atoms with van der Waals surface area (Å²) in [6.45, 7) is 4.20. The first-order valence-electron chi connectivity index (χ1n) is 10.8. The highest BCUT2D eigenvalue weighted by Crippen LogP contribution is 2.30. The minimum Gasteiger partial charge on any atom is -0.495 e. The van der Waals surface area contributed by atoms with Gasteiger partial charge in [0.15, 0.2) is 0 Å². The molecule has 0 atom stereocenters. The van der Waals surface area contributed by atoms with Gasteiger partial charge < -0.3 is 10.1 Å². The number of amides is 1. The van der Waals surface area contributed by atoms with Gasteiger partial charge in [0, 0.05) is 25.2 Å². The third-order valence-corrected chi connectivity index (χ3v) is 7.84. The highest BCUT2D eigenvalue weighted by Gasteiger charge is 2.28. The molecular weight excluding hydrogens is 414 g/mol. The van der Waals surface area contributed by atoms with Gasteiger partial charge in [0.25, 0.3) is 5.91 Å². The summed E-state index contributed by atoms with van der Waals surface area (Å²) in [5.41, 5.74) is 2.03. The Morgan fingerprint density at radius 2 is 1.61 bits per heavy atom. The predicted molar refractivity (Wildman–Crippen MR) is 120 cm³/mol. The maximum Gasteiger partial charge on any atom is 0.255 e. The van der Waals surface area contributed by atoms with E-state index in [2.05, 4.69) is 10.2 Å². The number of benzene rings is 2. The number of carbonyl (C=O) groups excluding carboxylic acids is 1. The lowest BCUT2D eigenvalue weighted by atomic mass is 10.1. The number of rotatable bonds is 7. The number of sulfonamides is 1. The zero-order chi connectivity index (χ0) is 21.8.